The Morgan fingerprint density at radius 3 is 2.12 bits per heavy atom. The lowest BCUT2D eigenvalue weighted by Crippen LogP contribution is -2.39. The normalized spacial score (nSPS) is 21.5. The highest BCUT2D eigenvalue weighted by Crippen LogP contribution is 2.47. The van der Waals surface area contributed by atoms with Crippen molar-refractivity contribution in [3.8, 4) is 0 Å². The second-order valence-corrected chi connectivity index (χ2v) is 11.2. The van der Waals surface area contributed by atoms with Crippen LogP contribution in [-0.2, 0) is 9.53 Å². The van der Waals surface area contributed by atoms with Crippen molar-refractivity contribution in [2.24, 2.45) is 11.3 Å². The van der Waals surface area contributed by atoms with E-state index in [1.54, 1.807) is 0 Å². The second kappa shape index (κ2) is 16.9. The molecule has 1 aliphatic carbocycles. The van der Waals surface area contributed by atoms with Crippen molar-refractivity contribution >= 4 is 5.97 Å². The Morgan fingerprint density at radius 1 is 0.879 bits per heavy atom. The fourth-order valence-corrected chi connectivity index (χ4v) is 6.04. The average molecular weight is 466 g/mol. The van der Waals surface area contributed by atoms with Crippen LogP contribution in [0.15, 0.2) is 0 Å². The number of nitrogens with zero attached hydrogens (tertiary/aromatic N) is 1. The summed E-state index contributed by atoms with van der Waals surface area (Å²) in [5.41, 5.74) is 0.411. The summed E-state index contributed by atoms with van der Waals surface area (Å²) in [5, 5.41) is 9.01. The van der Waals surface area contributed by atoms with Gasteiger partial charge in [0, 0.05) is 6.61 Å². The van der Waals surface area contributed by atoms with Gasteiger partial charge in [-0.1, -0.05) is 78.1 Å². The molecular formula is C29H55NO3. The Hall–Kier alpha value is -0.610. The third kappa shape index (κ3) is 11.1. The minimum absolute atomic E-state index is 0.114. The van der Waals surface area contributed by atoms with E-state index in [4.69, 9.17) is 9.84 Å². The molecule has 2 aliphatic rings. The molecular weight excluding hydrogens is 410 g/mol. The third-order valence-corrected chi connectivity index (χ3v) is 8.38. The summed E-state index contributed by atoms with van der Waals surface area (Å²) in [6.07, 6.45) is 22.8. The molecule has 0 aromatic heterocycles. The van der Waals surface area contributed by atoms with Crippen LogP contribution < -0.4 is 0 Å². The predicted molar refractivity (Wildman–Crippen MR) is 138 cm³/mol. The van der Waals surface area contributed by atoms with Gasteiger partial charge in [-0.2, -0.15) is 0 Å². The molecule has 33 heavy (non-hydrogen) atoms. The fraction of sp³-hybridized carbons (Fsp3) is 0.966. The van der Waals surface area contributed by atoms with Crippen LogP contribution in [0.3, 0.4) is 0 Å². The molecule has 0 amide bonds. The Kier molecular flexibility index (Phi) is 14.7. The van der Waals surface area contributed by atoms with Gasteiger partial charge in [-0.15, -0.1) is 0 Å². The van der Waals surface area contributed by atoms with Gasteiger partial charge in [0.15, 0.2) is 0 Å². The first-order chi connectivity index (χ1) is 16.1. The quantitative estimate of drug-likeness (QED) is 0.171. The van der Waals surface area contributed by atoms with E-state index in [0.29, 0.717) is 12.0 Å². The third-order valence-electron chi connectivity index (χ3n) is 8.38. The van der Waals surface area contributed by atoms with Gasteiger partial charge in [-0.25, -0.2) is 0 Å². The molecule has 1 saturated carbocycles. The lowest BCUT2D eigenvalue weighted by atomic mass is 9.77. The molecule has 2 atom stereocenters. The Morgan fingerprint density at radius 2 is 1.48 bits per heavy atom. The van der Waals surface area contributed by atoms with Crippen molar-refractivity contribution in [1.29, 1.82) is 0 Å². The molecule has 0 radical (unpaired) electrons. The molecule has 1 saturated heterocycles. The zero-order chi connectivity index (χ0) is 23.8. The van der Waals surface area contributed by atoms with Crippen LogP contribution in [0.2, 0.25) is 0 Å². The lowest BCUT2D eigenvalue weighted by Gasteiger charge is -2.39. The van der Waals surface area contributed by atoms with E-state index < -0.39 is 0 Å². The number of ether oxygens (including phenoxy) is 1. The van der Waals surface area contributed by atoms with E-state index in [9.17, 15) is 4.79 Å². The van der Waals surface area contributed by atoms with Crippen LogP contribution in [-0.4, -0.2) is 48.3 Å². The fourth-order valence-electron chi connectivity index (χ4n) is 6.04. The molecule has 0 bridgehead atoms. The van der Waals surface area contributed by atoms with Gasteiger partial charge < -0.3 is 14.7 Å². The number of hydrogen-bond acceptors (Lipinski definition) is 4. The Balaban J connectivity index is 1.74. The maximum absolute atomic E-state index is 13.1. The van der Waals surface area contributed by atoms with E-state index in [1.165, 1.54) is 96.6 Å². The van der Waals surface area contributed by atoms with Crippen molar-refractivity contribution in [1.82, 2.24) is 4.90 Å². The summed E-state index contributed by atoms with van der Waals surface area (Å²) >= 11 is 0. The number of esters is 1. The van der Waals surface area contributed by atoms with Gasteiger partial charge in [0.05, 0.1) is 5.92 Å². The van der Waals surface area contributed by atoms with E-state index in [0.717, 1.165) is 45.1 Å². The first kappa shape index (κ1) is 28.6. The monoisotopic (exact) mass is 465 g/mol. The summed E-state index contributed by atoms with van der Waals surface area (Å²) in [4.78, 5) is 15.7. The molecule has 1 spiro atoms. The first-order valence-electron chi connectivity index (χ1n) is 14.7. The minimum atomic E-state index is 0.114. The molecule has 1 aliphatic heterocycles. The molecule has 4 heteroatoms. The highest BCUT2D eigenvalue weighted by molar-refractivity contribution is 5.72. The van der Waals surface area contributed by atoms with Gasteiger partial charge in [-0.3, -0.25) is 4.79 Å². The maximum atomic E-state index is 13.1. The van der Waals surface area contributed by atoms with Crippen LogP contribution in [0.1, 0.15) is 136 Å². The first-order valence-corrected chi connectivity index (χ1v) is 14.7. The maximum Gasteiger partial charge on any atom is 0.309 e. The van der Waals surface area contributed by atoms with Crippen LogP contribution >= 0.6 is 0 Å². The standard InChI is InChI=1S/C29H55NO3/c1-3-5-7-9-10-12-16-26(15-11-8-6-4-2)28(32)33-27-17-18-29(25-27)19-22-30(23-20-29)21-13-14-24-31/h26-27,31H,3-25H2,1-2H3. The van der Waals surface area contributed by atoms with Crippen molar-refractivity contribution in [2.45, 2.75) is 142 Å². The SMILES string of the molecule is CCCCCCCCC(CCCCCC)C(=O)OC1CCC2(CCN(CCCCO)CC2)C1. The van der Waals surface area contributed by atoms with Gasteiger partial charge in [-0.05, 0) is 82.8 Å². The van der Waals surface area contributed by atoms with Crippen LogP contribution in [0.5, 0.6) is 0 Å². The lowest BCUT2D eigenvalue weighted by molar-refractivity contribution is -0.154. The highest BCUT2D eigenvalue weighted by Gasteiger charge is 2.43. The van der Waals surface area contributed by atoms with Crippen molar-refractivity contribution in [3.05, 3.63) is 0 Å². The number of rotatable bonds is 18. The molecule has 194 valence electrons. The predicted octanol–water partition coefficient (Wildman–Crippen LogP) is 7.27. The van der Waals surface area contributed by atoms with Gasteiger partial charge in [0.2, 0.25) is 0 Å². The number of carbonyl (C=O) groups is 1. The van der Waals surface area contributed by atoms with Crippen molar-refractivity contribution < 1.29 is 14.6 Å². The molecule has 2 unspecified atom stereocenters. The van der Waals surface area contributed by atoms with E-state index >= 15 is 0 Å². The molecule has 2 rings (SSSR count). The number of aliphatic hydroxyl groups is 1. The zero-order valence-corrected chi connectivity index (χ0v) is 22.1. The van der Waals surface area contributed by atoms with Crippen molar-refractivity contribution in [2.75, 3.05) is 26.2 Å². The summed E-state index contributed by atoms with van der Waals surface area (Å²) in [6.45, 7) is 8.28. The number of hydrogen-bond donors (Lipinski definition) is 1. The Bertz CT molecular complexity index is 501. The average Bonchev–Trinajstić information content (AvgIpc) is 3.20. The van der Waals surface area contributed by atoms with E-state index in [2.05, 4.69) is 18.7 Å². The van der Waals surface area contributed by atoms with Crippen LogP contribution in [0.25, 0.3) is 0 Å². The van der Waals surface area contributed by atoms with Gasteiger partial charge in [0.1, 0.15) is 6.10 Å². The molecule has 0 aromatic carbocycles. The number of carbonyl (C=O) groups excluding carboxylic acids is 1. The summed E-state index contributed by atoms with van der Waals surface area (Å²) in [7, 11) is 0. The molecule has 2 fully saturated rings. The molecule has 1 N–H and O–H groups in total. The molecule has 4 nitrogen and oxygen atoms in total. The molecule has 1 heterocycles. The summed E-state index contributed by atoms with van der Waals surface area (Å²) in [5.74, 6) is 0.237. The Labute approximate surface area is 205 Å². The zero-order valence-electron chi connectivity index (χ0n) is 22.1. The van der Waals surface area contributed by atoms with Crippen LogP contribution in [0, 0.1) is 11.3 Å². The number of piperidine rings is 1. The minimum Gasteiger partial charge on any atom is -0.462 e. The molecule has 0 aromatic rings. The van der Waals surface area contributed by atoms with E-state index in [1.807, 2.05) is 0 Å². The summed E-state index contributed by atoms with van der Waals surface area (Å²) in [6, 6.07) is 0. The second-order valence-electron chi connectivity index (χ2n) is 11.2. The topological polar surface area (TPSA) is 49.8 Å². The summed E-state index contributed by atoms with van der Waals surface area (Å²) < 4.78 is 6.18. The highest BCUT2D eigenvalue weighted by atomic mass is 16.5. The van der Waals surface area contributed by atoms with Gasteiger partial charge in [0.25, 0.3) is 0 Å². The van der Waals surface area contributed by atoms with Crippen LogP contribution in [0.4, 0.5) is 0 Å². The van der Waals surface area contributed by atoms with Crippen molar-refractivity contribution in [3.63, 3.8) is 0 Å². The van der Waals surface area contributed by atoms with Gasteiger partial charge >= 0.3 is 5.97 Å². The number of likely N-dealkylation sites (tertiary alicyclic amines) is 1. The van der Waals surface area contributed by atoms with E-state index in [-0.39, 0.29) is 18.0 Å². The number of aliphatic hydroxyl groups excluding tert-OH is 1. The smallest absolute Gasteiger partial charge is 0.309 e. The largest absolute Gasteiger partial charge is 0.462 e. The number of unbranched alkanes of at least 4 members (excludes halogenated alkanes) is 9.